The summed E-state index contributed by atoms with van der Waals surface area (Å²) in [5.74, 6) is 1.32. The molecule has 0 bridgehead atoms. The number of fused-ring (bicyclic) bond motifs is 1. The second kappa shape index (κ2) is 10.3. The molecule has 2 aliphatic rings. The normalized spacial score (nSPS) is 18.0. The van der Waals surface area contributed by atoms with Gasteiger partial charge in [0.05, 0.1) is 30.4 Å². The molecule has 180 valence electrons. The van der Waals surface area contributed by atoms with Crippen LogP contribution >= 0.6 is 0 Å². The lowest BCUT2D eigenvalue weighted by atomic mass is 9.99. The fourth-order valence-electron chi connectivity index (χ4n) is 5.00. The summed E-state index contributed by atoms with van der Waals surface area (Å²) in [6.07, 6.45) is 3.12. The lowest BCUT2D eigenvalue weighted by Gasteiger charge is -2.35. The lowest BCUT2D eigenvalue weighted by molar-refractivity contribution is 0.0360. The van der Waals surface area contributed by atoms with Crippen molar-refractivity contribution in [3.63, 3.8) is 0 Å². The Morgan fingerprint density at radius 1 is 0.824 bits per heavy atom. The Morgan fingerprint density at radius 2 is 1.50 bits per heavy atom. The number of nitrogens with zero attached hydrogens (tertiary/aromatic N) is 5. The van der Waals surface area contributed by atoms with E-state index in [1.807, 2.05) is 38.2 Å². The first-order valence-corrected chi connectivity index (χ1v) is 12.4. The summed E-state index contributed by atoms with van der Waals surface area (Å²) in [7, 11) is 0. The summed E-state index contributed by atoms with van der Waals surface area (Å²) in [5.41, 5.74) is 5.77. The maximum absolute atomic E-state index is 10.1. The van der Waals surface area contributed by atoms with Crippen molar-refractivity contribution in [2.45, 2.75) is 20.3 Å². The Balaban J connectivity index is 1.22. The molecule has 2 fully saturated rings. The van der Waals surface area contributed by atoms with Crippen molar-refractivity contribution < 1.29 is 9.84 Å². The van der Waals surface area contributed by atoms with Gasteiger partial charge >= 0.3 is 0 Å². The topological polar surface area (TPSA) is 65.0 Å². The molecule has 0 spiro atoms. The van der Waals surface area contributed by atoms with E-state index in [-0.39, 0.29) is 0 Å². The summed E-state index contributed by atoms with van der Waals surface area (Å²) in [4.78, 5) is 17.1. The van der Waals surface area contributed by atoms with E-state index in [9.17, 15) is 5.11 Å². The number of phenolic OH excluding ortho intramolecular Hbond substituents is 1. The molecule has 0 aliphatic carbocycles. The van der Waals surface area contributed by atoms with Crippen molar-refractivity contribution in [2.75, 3.05) is 70.5 Å². The minimum atomic E-state index is 0.367. The summed E-state index contributed by atoms with van der Waals surface area (Å²) in [5, 5.41) is 10.1. The van der Waals surface area contributed by atoms with Gasteiger partial charge < -0.3 is 14.7 Å². The van der Waals surface area contributed by atoms with E-state index in [0.717, 1.165) is 98.1 Å². The van der Waals surface area contributed by atoms with Crippen LogP contribution in [0.3, 0.4) is 0 Å². The number of aromatic hydroxyl groups is 1. The average Bonchev–Trinajstić information content (AvgIpc) is 2.87. The van der Waals surface area contributed by atoms with Crippen molar-refractivity contribution in [3.8, 4) is 16.9 Å². The highest BCUT2D eigenvalue weighted by Crippen LogP contribution is 2.30. The second-order valence-electron chi connectivity index (χ2n) is 9.53. The largest absolute Gasteiger partial charge is 0.507 e. The smallest absolute Gasteiger partial charge is 0.147 e. The molecule has 5 rings (SSSR count). The number of ether oxygens (including phenoxy) is 1. The van der Waals surface area contributed by atoms with Gasteiger partial charge in [0, 0.05) is 39.3 Å². The van der Waals surface area contributed by atoms with E-state index in [4.69, 9.17) is 9.72 Å². The maximum Gasteiger partial charge on any atom is 0.147 e. The Kier molecular flexibility index (Phi) is 6.94. The standard InChI is InChI=1S/C27H35N5O2/c1-20-16-23(17-21(2)27(20)33)22-4-5-24-25(18-22)29-26(19-28-24)32-10-8-30(9-11-32)6-3-7-31-12-14-34-15-13-31/h4-5,16-19,33H,3,6-15H2,1-2H3. The molecule has 3 aromatic rings. The fourth-order valence-corrected chi connectivity index (χ4v) is 5.00. The number of piperazine rings is 1. The molecule has 0 unspecified atom stereocenters. The highest BCUT2D eigenvalue weighted by atomic mass is 16.5. The maximum atomic E-state index is 10.1. The Morgan fingerprint density at radius 3 is 2.21 bits per heavy atom. The summed E-state index contributed by atoms with van der Waals surface area (Å²) < 4.78 is 5.44. The number of rotatable bonds is 6. The number of phenols is 1. The number of benzene rings is 2. The highest BCUT2D eigenvalue weighted by molar-refractivity contribution is 5.82. The highest BCUT2D eigenvalue weighted by Gasteiger charge is 2.19. The van der Waals surface area contributed by atoms with Crippen LogP contribution in [0, 0.1) is 13.8 Å². The van der Waals surface area contributed by atoms with E-state index in [2.05, 4.69) is 31.8 Å². The van der Waals surface area contributed by atoms with Gasteiger partial charge in [-0.3, -0.25) is 14.8 Å². The summed E-state index contributed by atoms with van der Waals surface area (Å²) in [6, 6.07) is 10.3. The van der Waals surface area contributed by atoms with E-state index >= 15 is 0 Å². The first-order chi connectivity index (χ1) is 16.6. The van der Waals surface area contributed by atoms with E-state index < -0.39 is 0 Å². The third kappa shape index (κ3) is 5.17. The second-order valence-corrected chi connectivity index (χ2v) is 9.53. The van der Waals surface area contributed by atoms with Crippen LogP contribution < -0.4 is 4.90 Å². The quantitative estimate of drug-likeness (QED) is 0.603. The summed E-state index contributed by atoms with van der Waals surface area (Å²) >= 11 is 0. The molecular weight excluding hydrogens is 426 g/mol. The van der Waals surface area contributed by atoms with Crippen molar-refractivity contribution in [2.24, 2.45) is 0 Å². The molecule has 0 atom stereocenters. The van der Waals surface area contributed by atoms with Gasteiger partial charge in [0.25, 0.3) is 0 Å². The van der Waals surface area contributed by atoms with Crippen LogP contribution in [-0.2, 0) is 4.74 Å². The molecule has 34 heavy (non-hydrogen) atoms. The molecule has 0 radical (unpaired) electrons. The van der Waals surface area contributed by atoms with E-state index in [0.29, 0.717) is 5.75 Å². The van der Waals surface area contributed by atoms with E-state index in [1.54, 1.807) is 0 Å². The van der Waals surface area contributed by atoms with Crippen LogP contribution in [0.2, 0.25) is 0 Å². The van der Waals surface area contributed by atoms with Crippen LogP contribution in [0.25, 0.3) is 22.2 Å². The van der Waals surface area contributed by atoms with Gasteiger partial charge in [0.1, 0.15) is 11.6 Å². The molecule has 2 aliphatic heterocycles. The minimum Gasteiger partial charge on any atom is -0.507 e. The van der Waals surface area contributed by atoms with Gasteiger partial charge in [0.15, 0.2) is 0 Å². The Labute approximate surface area is 202 Å². The molecule has 0 saturated carbocycles. The number of aryl methyl sites for hydroxylation is 2. The van der Waals surface area contributed by atoms with Crippen molar-refractivity contribution >= 4 is 16.9 Å². The van der Waals surface area contributed by atoms with Crippen molar-refractivity contribution in [1.29, 1.82) is 0 Å². The molecule has 0 amide bonds. The third-order valence-corrected chi connectivity index (χ3v) is 7.10. The minimum absolute atomic E-state index is 0.367. The van der Waals surface area contributed by atoms with E-state index in [1.165, 1.54) is 13.0 Å². The van der Waals surface area contributed by atoms with Crippen LogP contribution in [0.4, 0.5) is 5.82 Å². The molecule has 7 nitrogen and oxygen atoms in total. The molecular formula is C27H35N5O2. The van der Waals surface area contributed by atoms with Crippen LogP contribution in [-0.4, -0.2) is 90.4 Å². The Bertz CT molecular complexity index is 1110. The first kappa shape index (κ1) is 23.0. The number of aromatic nitrogens is 2. The zero-order valence-corrected chi connectivity index (χ0v) is 20.3. The third-order valence-electron chi connectivity index (χ3n) is 7.10. The zero-order chi connectivity index (χ0) is 23.5. The molecule has 2 saturated heterocycles. The van der Waals surface area contributed by atoms with Crippen molar-refractivity contribution in [3.05, 3.63) is 47.7 Å². The number of hydrogen-bond acceptors (Lipinski definition) is 7. The predicted octanol–water partition coefficient (Wildman–Crippen LogP) is 3.46. The predicted molar refractivity (Wildman–Crippen MR) is 137 cm³/mol. The number of anilines is 1. The molecule has 7 heteroatoms. The lowest BCUT2D eigenvalue weighted by Crippen LogP contribution is -2.47. The fraction of sp³-hybridized carbons (Fsp3) is 0.481. The van der Waals surface area contributed by atoms with Crippen molar-refractivity contribution in [1.82, 2.24) is 19.8 Å². The van der Waals surface area contributed by atoms with Crippen LogP contribution in [0.15, 0.2) is 36.5 Å². The monoisotopic (exact) mass is 461 g/mol. The van der Waals surface area contributed by atoms with Crippen LogP contribution in [0.5, 0.6) is 5.75 Å². The zero-order valence-electron chi connectivity index (χ0n) is 20.3. The first-order valence-electron chi connectivity index (χ1n) is 12.4. The summed E-state index contributed by atoms with van der Waals surface area (Å²) in [6.45, 7) is 14.2. The number of hydrogen-bond donors (Lipinski definition) is 1. The SMILES string of the molecule is Cc1cc(-c2ccc3ncc(N4CCN(CCCN5CCOCC5)CC4)nc3c2)cc(C)c1O. The number of morpholine rings is 1. The van der Waals surface area contributed by atoms with Gasteiger partial charge in [0.2, 0.25) is 0 Å². The van der Waals surface area contributed by atoms with Gasteiger partial charge in [-0.2, -0.15) is 0 Å². The van der Waals surface area contributed by atoms with Gasteiger partial charge in [-0.1, -0.05) is 6.07 Å². The molecule has 3 heterocycles. The molecule has 1 aromatic heterocycles. The molecule has 1 N–H and O–H groups in total. The molecule has 2 aromatic carbocycles. The Hall–Kier alpha value is -2.74. The van der Waals surface area contributed by atoms with Crippen LogP contribution in [0.1, 0.15) is 17.5 Å². The van der Waals surface area contributed by atoms with Gasteiger partial charge in [-0.25, -0.2) is 4.98 Å². The van der Waals surface area contributed by atoms with Gasteiger partial charge in [-0.05, 0) is 79.9 Å². The average molecular weight is 462 g/mol. The van der Waals surface area contributed by atoms with Gasteiger partial charge in [-0.15, -0.1) is 0 Å².